The third kappa shape index (κ3) is 4.83. The maximum absolute atomic E-state index is 11.5. The molecule has 1 unspecified atom stereocenters. The van der Waals surface area contributed by atoms with E-state index in [1.54, 1.807) is 6.92 Å². The number of hydrazine groups is 1. The lowest BCUT2D eigenvalue weighted by Crippen LogP contribution is -2.40. The number of amides is 3. The highest BCUT2D eigenvalue weighted by Crippen LogP contribution is 2.18. The molecule has 108 valence electrons. The molecule has 1 aliphatic rings. The van der Waals surface area contributed by atoms with Crippen molar-refractivity contribution in [3.63, 3.8) is 0 Å². The Morgan fingerprint density at radius 3 is 2.50 bits per heavy atom. The molecule has 0 aliphatic carbocycles. The van der Waals surface area contributed by atoms with Crippen LogP contribution in [0.3, 0.4) is 0 Å². The van der Waals surface area contributed by atoms with Gasteiger partial charge in [-0.25, -0.2) is 5.43 Å². The van der Waals surface area contributed by atoms with E-state index >= 15 is 0 Å². The molecule has 0 bridgehead atoms. The molecule has 0 saturated carbocycles. The van der Waals surface area contributed by atoms with Crippen molar-refractivity contribution in [1.29, 1.82) is 0 Å². The summed E-state index contributed by atoms with van der Waals surface area (Å²) in [6.45, 7) is 8.37. The molecule has 0 radical (unpaired) electrons. The quantitative estimate of drug-likeness (QED) is 0.570. The van der Waals surface area contributed by atoms with Crippen LogP contribution in [0.1, 0.15) is 43.4 Å². The number of likely N-dealkylation sites (tertiary alicyclic amines) is 1. The van der Waals surface area contributed by atoms with Gasteiger partial charge in [-0.05, 0) is 0 Å². The first-order chi connectivity index (χ1) is 8.56. The molecule has 0 aromatic carbocycles. The fraction of sp³-hybridized carbons (Fsp3) is 0.750. The SMILES string of the molecule is CC.CCNNC(=O)CCN1C(=O)CC(C)C1=O.[HH].[HH]. The van der Waals surface area contributed by atoms with E-state index in [0.29, 0.717) is 6.54 Å². The van der Waals surface area contributed by atoms with Crippen molar-refractivity contribution < 1.29 is 17.2 Å². The number of hydrogen-bond acceptors (Lipinski definition) is 4. The van der Waals surface area contributed by atoms with E-state index in [0.717, 1.165) is 4.90 Å². The maximum atomic E-state index is 11.5. The second kappa shape index (κ2) is 8.63. The monoisotopic (exact) mass is 261 g/mol. The summed E-state index contributed by atoms with van der Waals surface area (Å²) < 4.78 is 0. The molecule has 6 heteroatoms. The Morgan fingerprint density at radius 2 is 2.06 bits per heavy atom. The van der Waals surface area contributed by atoms with Crippen LogP contribution in [-0.4, -0.2) is 35.7 Å². The second-order valence-corrected chi connectivity index (χ2v) is 3.82. The van der Waals surface area contributed by atoms with Gasteiger partial charge in [0.05, 0.1) is 0 Å². The molecule has 1 saturated heterocycles. The van der Waals surface area contributed by atoms with Crippen molar-refractivity contribution in [2.45, 2.75) is 40.5 Å². The molecule has 1 aliphatic heterocycles. The summed E-state index contributed by atoms with van der Waals surface area (Å²) in [4.78, 5) is 35.3. The van der Waals surface area contributed by atoms with E-state index in [1.165, 1.54) is 0 Å². The highest BCUT2D eigenvalue weighted by molar-refractivity contribution is 6.03. The number of carbonyl (C=O) groups is 3. The number of nitrogens with zero attached hydrogens (tertiary/aromatic N) is 1. The molecule has 3 amide bonds. The molecule has 1 fully saturated rings. The van der Waals surface area contributed by atoms with Gasteiger partial charge in [0.1, 0.15) is 0 Å². The standard InChI is InChI=1S/C10H17N3O3.C2H6.2H2/c1-3-11-12-8(14)4-5-13-9(15)6-7(2)10(13)16;1-2;;/h7,11H,3-6H2,1-2H3,(H,12,14);1-2H3;2*1H. The van der Waals surface area contributed by atoms with Crippen LogP contribution >= 0.6 is 0 Å². The smallest absolute Gasteiger partial charge is 0.235 e. The zero-order valence-electron chi connectivity index (χ0n) is 11.6. The van der Waals surface area contributed by atoms with Crippen molar-refractivity contribution >= 4 is 17.7 Å². The molecular formula is C12H27N3O3. The zero-order chi connectivity index (χ0) is 14.1. The Kier molecular flexibility index (Phi) is 7.94. The van der Waals surface area contributed by atoms with Gasteiger partial charge in [0, 0.05) is 34.7 Å². The number of imide groups is 1. The number of rotatable bonds is 5. The van der Waals surface area contributed by atoms with Crippen LogP contribution in [0.25, 0.3) is 0 Å². The van der Waals surface area contributed by atoms with Gasteiger partial charge in [-0.2, -0.15) is 0 Å². The maximum Gasteiger partial charge on any atom is 0.235 e. The van der Waals surface area contributed by atoms with Crippen molar-refractivity contribution in [2.75, 3.05) is 13.1 Å². The fourth-order valence-electron chi connectivity index (χ4n) is 1.55. The normalized spacial score (nSPS) is 18.4. The first-order valence-electron chi connectivity index (χ1n) is 6.42. The summed E-state index contributed by atoms with van der Waals surface area (Å²) in [5, 5.41) is 0. The average Bonchev–Trinajstić information content (AvgIpc) is 2.61. The summed E-state index contributed by atoms with van der Waals surface area (Å²) in [5.74, 6) is -0.832. The van der Waals surface area contributed by atoms with Gasteiger partial charge in [-0.15, -0.1) is 0 Å². The van der Waals surface area contributed by atoms with Gasteiger partial charge in [-0.3, -0.25) is 24.7 Å². The van der Waals surface area contributed by atoms with Crippen molar-refractivity contribution in [1.82, 2.24) is 15.8 Å². The largest absolute Gasteiger partial charge is 0.292 e. The van der Waals surface area contributed by atoms with E-state index < -0.39 is 0 Å². The van der Waals surface area contributed by atoms with E-state index in [9.17, 15) is 14.4 Å². The Labute approximate surface area is 111 Å². The molecule has 2 N–H and O–H groups in total. The highest BCUT2D eigenvalue weighted by atomic mass is 16.2. The molecule has 0 aromatic rings. The lowest BCUT2D eigenvalue weighted by molar-refractivity contribution is -0.139. The molecule has 18 heavy (non-hydrogen) atoms. The second-order valence-electron chi connectivity index (χ2n) is 3.82. The van der Waals surface area contributed by atoms with Gasteiger partial charge in [0.25, 0.3) is 0 Å². The van der Waals surface area contributed by atoms with E-state index in [2.05, 4.69) is 10.9 Å². The Bertz CT molecular complexity index is 314. The van der Waals surface area contributed by atoms with Gasteiger partial charge >= 0.3 is 0 Å². The summed E-state index contributed by atoms with van der Waals surface area (Å²) in [6, 6.07) is 0. The van der Waals surface area contributed by atoms with Crippen LogP contribution in [0.4, 0.5) is 0 Å². The zero-order valence-corrected chi connectivity index (χ0v) is 11.6. The first-order valence-corrected chi connectivity index (χ1v) is 6.42. The molecular weight excluding hydrogens is 234 g/mol. The Hall–Kier alpha value is -1.43. The van der Waals surface area contributed by atoms with Crippen LogP contribution in [0.2, 0.25) is 0 Å². The number of nitrogens with one attached hydrogen (secondary N) is 2. The van der Waals surface area contributed by atoms with Crippen LogP contribution in [0.5, 0.6) is 0 Å². The van der Waals surface area contributed by atoms with E-state index in [-0.39, 0.29) is 45.9 Å². The summed E-state index contributed by atoms with van der Waals surface area (Å²) >= 11 is 0. The van der Waals surface area contributed by atoms with Crippen molar-refractivity contribution in [2.24, 2.45) is 5.92 Å². The van der Waals surface area contributed by atoms with E-state index in [4.69, 9.17) is 0 Å². The minimum absolute atomic E-state index is 0. The van der Waals surface area contributed by atoms with Gasteiger partial charge in [-0.1, -0.05) is 27.7 Å². The Morgan fingerprint density at radius 1 is 1.44 bits per heavy atom. The lowest BCUT2D eigenvalue weighted by Gasteiger charge is -2.13. The van der Waals surface area contributed by atoms with E-state index in [1.807, 2.05) is 20.8 Å². The molecule has 6 nitrogen and oxygen atoms in total. The third-order valence-corrected chi connectivity index (χ3v) is 2.44. The molecule has 1 heterocycles. The third-order valence-electron chi connectivity index (χ3n) is 2.44. The lowest BCUT2D eigenvalue weighted by atomic mass is 10.1. The van der Waals surface area contributed by atoms with Crippen LogP contribution < -0.4 is 10.9 Å². The average molecular weight is 261 g/mol. The molecule has 1 atom stereocenters. The molecule has 0 aromatic heterocycles. The van der Waals surface area contributed by atoms with Crippen LogP contribution in [0.15, 0.2) is 0 Å². The topological polar surface area (TPSA) is 78.5 Å². The van der Waals surface area contributed by atoms with Gasteiger partial charge < -0.3 is 0 Å². The molecule has 0 spiro atoms. The minimum atomic E-state index is -0.246. The predicted octanol–water partition coefficient (Wildman–Crippen LogP) is 0.930. The minimum Gasteiger partial charge on any atom is -0.292 e. The predicted molar refractivity (Wildman–Crippen MR) is 72.5 cm³/mol. The van der Waals surface area contributed by atoms with Gasteiger partial charge in [0.2, 0.25) is 17.7 Å². The number of hydrogen-bond donors (Lipinski definition) is 2. The fourth-order valence-corrected chi connectivity index (χ4v) is 1.55. The Balaban J connectivity index is -0.000000689. The number of carbonyl (C=O) groups excluding carboxylic acids is 3. The first kappa shape index (κ1) is 16.6. The summed E-state index contributed by atoms with van der Waals surface area (Å²) in [5.41, 5.74) is 5.13. The summed E-state index contributed by atoms with van der Waals surface area (Å²) in [7, 11) is 0. The van der Waals surface area contributed by atoms with Crippen molar-refractivity contribution in [3.05, 3.63) is 0 Å². The van der Waals surface area contributed by atoms with Crippen molar-refractivity contribution in [3.8, 4) is 0 Å². The van der Waals surface area contributed by atoms with Crippen LogP contribution in [0, 0.1) is 5.92 Å². The highest BCUT2D eigenvalue weighted by Gasteiger charge is 2.35. The summed E-state index contributed by atoms with van der Waals surface area (Å²) in [6.07, 6.45) is 0.394. The van der Waals surface area contributed by atoms with Crippen LogP contribution in [-0.2, 0) is 14.4 Å². The molecule has 1 rings (SSSR count). The van der Waals surface area contributed by atoms with Gasteiger partial charge in [0.15, 0.2) is 0 Å².